The first-order valence-electron chi connectivity index (χ1n) is 8.73. The fourth-order valence-corrected chi connectivity index (χ4v) is 3.57. The molecule has 1 atom stereocenters. The van der Waals surface area contributed by atoms with Crippen LogP contribution in [0.4, 0.5) is 5.69 Å². The van der Waals surface area contributed by atoms with Crippen LogP contribution in [0.1, 0.15) is 31.1 Å². The predicted octanol–water partition coefficient (Wildman–Crippen LogP) is 3.26. The van der Waals surface area contributed by atoms with Crippen molar-refractivity contribution in [1.82, 2.24) is 4.72 Å². The van der Waals surface area contributed by atoms with Crippen LogP contribution in [-0.4, -0.2) is 28.0 Å². The second-order valence-electron chi connectivity index (χ2n) is 6.60. The molecule has 0 aromatic heterocycles. The number of ether oxygens (including phenoxy) is 1. The average molecular weight is 391 g/mol. The summed E-state index contributed by atoms with van der Waals surface area (Å²) in [5.41, 5.74) is 2.53. The fraction of sp³-hybridized carbons (Fsp3) is 0.350. The van der Waals surface area contributed by atoms with Gasteiger partial charge in [-0.2, -0.15) is 0 Å². The van der Waals surface area contributed by atoms with E-state index in [0.29, 0.717) is 5.69 Å². The van der Waals surface area contributed by atoms with E-state index in [0.717, 1.165) is 11.1 Å². The van der Waals surface area contributed by atoms with Crippen LogP contribution < -0.4 is 10.0 Å². The molecule has 6 nitrogen and oxygen atoms in total. The number of hydrogen-bond acceptors (Lipinski definition) is 4. The SMILES string of the molecule is CO[C@H](CNS(=O)(=O)c1ccc(NC(=O)C(C)C)cc1)c1ccccc1C. The molecule has 0 fully saturated rings. The summed E-state index contributed by atoms with van der Waals surface area (Å²) in [4.78, 5) is 11.8. The highest BCUT2D eigenvalue weighted by atomic mass is 32.2. The molecule has 0 bridgehead atoms. The highest BCUT2D eigenvalue weighted by Crippen LogP contribution is 2.21. The Balaban J connectivity index is 2.07. The minimum atomic E-state index is -3.69. The van der Waals surface area contributed by atoms with Crippen molar-refractivity contribution >= 4 is 21.6 Å². The maximum absolute atomic E-state index is 12.6. The van der Waals surface area contributed by atoms with Crippen LogP contribution in [0, 0.1) is 12.8 Å². The van der Waals surface area contributed by atoms with Gasteiger partial charge in [0.05, 0.1) is 11.0 Å². The van der Waals surface area contributed by atoms with Crippen molar-refractivity contribution in [3.8, 4) is 0 Å². The first-order chi connectivity index (χ1) is 12.7. The quantitative estimate of drug-likeness (QED) is 0.725. The summed E-state index contributed by atoms with van der Waals surface area (Å²) < 4.78 is 33.2. The molecule has 2 aromatic carbocycles. The first-order valence-corrected chi connectivity index (χ1v) is 10.2. The third-order valence-corrected chi connectivity index (χ3v) is 5.67. The predicted molar refractivity (Wildman–Crippen MR) is 106 cm³/mol. The number of amides is 1. The number of carbonyl (C=O) groups is 1. The molecule has 0 spiro atoms. The van der Waals surface area contributed by atoms with Crippen LogP contribution in [0.5, 0.6) is 0 Å². The lowest BCUT2D eigenvalue weighted by Crippen LogP contribution is -2.29. The molecule has 2 aromatic rings. The van der Waals surface area contributed by atoms with E-state index in [9.17, 15) is 13.2 Å². The number of nitrogens with one attached hydrogen (secondary N) is 2. The molecule has 0 aliphatic heterocycles. The van der Waals surface area contributed by atoms with Crippen LogP contribution in [0.25, 0.3) is 0 Å². The second kappa shape index (κ2) is 9.12. The van der Waals surface area contributed by atoms with E-state index < -0.39 is 10.0 Å². The molecule has 1 amide bonds. The van der Waals surface area contributed by atoms with Gasteiger partial charge in [0, 0.05) is 25.3 Å². The van der Waals surface area contributed by atoms with Gasteiger partial charge in [-0.3, -0.25) is 4.79 Å². The topological polar surface area (TPSA) is 84.5 Å². The van der Waals surface area contributed by atoms with E-state index in [2.05, 4.69) is 10.0 Å². The summed E-state index contributed by atoms with van der Waals surface area (Å²) in [6.07, 6.45) is -0.384. The molecular weight excluding hydrogens is 364 g/mol. The van der Waals surface area contributed by atoms with Gasteiger partial charge >= 0.3 is 0 Å². The van der Waals surface area contributed by atoms with Crippen LogP contribution in [0.15, 0.2) is 53.4 Å². The van der Waals surface area contributed by atoms with Gasteiger partial charge in [-0.25, -0.2) is 13.1 Å². The number of sulfonamides is 1. The van der Waals surface area contributed by atoms with E-state index in [1.165, 1.54) is 12.1 Å². The van der Waals surface area contributed by atoms with Crippen molar-refractivity contribution < 1.29 is 17.9 Å². The van der Waals surface area contributed by atoms with Crippen LogP contribution >= 0.6 is 0 Å². The standard InChI is InChI=1S/C20H26N2O4S/c1-14(2)20(23)22-16-9-11-17(12-10-16)27(24,25)21-13-19(26-4)18-8-6-5-7-15(18)3/h5-12,14,19,21H,13H2,1-4H3,(H,22,23)/t19-/m1/s1. The number of carbonyl (C=O) groups excluding carboxylic acids is 1. The van der Waals surface area contributed by atoms with Crippen molar-refractivity contribution in [3.63, 3.8) is 0 Å². The molecular formula is C20H26N2O4S. The average Bonchev–Trinajstić information content (AvgIpc) is 2.64. The molecule has 7 heteroatoms. The number of aryl methyl sites for hydroxylation is 1. The zero-order chi connectivity index (χ0) is 20.0. The molecule has 146 valence electrons. The summed E-state index contributed by atoms with van der Waals surface area (Å²) in [6.45, 7) is 5.66. The summed E-state index contributed by atoms with van der Waals surface area (Å²) in [6, 6.07) is 13.8. The maximum Gasteiger partial charge on any atom is 0.240 e. The summed E-state index contributed by atoms with van der Waals surface area (Å²) in [7, 11) is -2.14. The first kappa shape index (κ1) is 21.1. The lowest BCUT2D eigenvalue weighted by atomic mass is 10.0. The van der Waals surface area contributed by atoms with Crippen molar-refractivity contribution in [3.05, 3.63) is 59.7 Å². The summed E-state index contributed by atoms with van der Waals surface area (Å²) >= 11 is 0. The smallest absolute Gasteiger partial charge is 0.240 e. The number of anilines is 1. The van der Waals surface area contributed by atoms with Gasteiger partial charge in [-0.05, 0) is 42.3 Å². The summed E-state index contributed by atoms with van der Waals surface area (Å²) in [5, 5.41) is 2.73. The van der Waals surface area contributed by atoms with Crippen LogP contribution in [-0.2, 0) is 19.6 Å². The van der Waals surface area contributed by atoms with E-state index in [4.69, 9.17) is 4.74 Å². The molecule has 2 N–H and O–H groups in total. The van der Waals surface area contributed by atoms with Gasteiger partial charge in [0.1, 0.15) is 0 Å². The van der Waals surface area contributed by atoms with Crippen molar-refractivity contribution in [2.45, 2.75) is 31.8 Å². The molecule has 0 unspecified atom stereocenters. The van der Waals surface area contributed by atoms with Crippen molar-refractivity contribution in [2.75, 3.05) is 19.0 Å². The maximum atomic E-state index is 12.6. The molecule has 0 radical (unpaired) electrons. The third-order valence-electron chi connectivity index (χ3n) is 4.24. The number of benzene rings is 2. The molecule has 0 heterocycles. The van der Waals surface area contributed by atoms with Crippen LogP contribution in [0.3, 0.4) is 0 Å². The minimum Gasteiger partial charge on any atom is -0.375 e. The van der Waals surface area contributed by atoms with E-state index in [1.807, 2.05) is 31.2 Å². The van der Waals surface area contributed by atoms with Crippen LogP contribution in [0.2, 0.25) is 0 Å². The highest BCUT2D eigenvalue weighted by Gasteiger charge is 2.19. The Hall–Kier alpha value is -2.22. The number of methoxy groups -OCH3 is 1. The van der Waals surface area contributed by atoms with Crippen molar-refractivity contribution in [2.24, 2.45) is 5.92 Å². The van der Waals surface area contributed by atoms with Gasteiger partial charge in [-0.15, -0.1) is 0 Å². The van der Waals surface area contributed by atoms with E-state index in [1.54, 1.807) is 33.1 Å². The Labute approximate surface area is 161 Å². The van der Waals surface area contributed by atoms with Gasteiger partial charge in [0.25, 0.3) is 0 Å². The van der Waals surface area contributed by atoms with Gasteiger partial charge in [0.2, 0.25) is 15.9 Å². The zero-order valence-corrected chi connectivity index (χ0v) is 16.8. The van der Waals surface area contributed by atoms with Gasteiger partial charge < -0.3 is 10.1 Å². The fourth-order valence-electron chi connectivity index (χ4n) is 2.54. The molecule has 0 saturated heterocycles. The molecule has 0 saturated carbocycles. The number of rotatable bonds is 8. The largest absolute Gasteiger partial charge is 0.375 e. The Morgan fingerprint density at radius 1 is 1.07 bits per heavy atom. The van der Waals surface area contributed by atoms with Gasteiger partial charge in [-0.1, -0.05) is 38.1 Å². The molecule has 27 heavy (non-hydrogen) atoms. The van der Waals surface area contributed by atoms with E-state index in [-0.39, 0.29) is 29.4 Å². The normalized spacial score (nSPS) is 12.8. The highest BCUT2D eigenvalue weighted by molar-refractivity contribution is 7.89. The molecule has 0 aliphatic rings. The Kier molecular flexibility index (Phi) is 7.12. The molecule has 0 aliphatic carbocycles. The Bertz CT molecular complexity index is 877. The Morgan fingerprint density at radius 2 is 1.70 bits per heavy atom. The Morgan fingerprint density at radius 3 is 2.26 bits per heavy atom. The third kappa shape index (κ3) is 5.63. The monoisotopic (exact) mass is 390 g/mol. The minimum absolute atomic E-state index is 0.120. The lowest BCUT2D eigenvalue weighted by Gasteiger charge is -2.18. The van der Waals surface area contributed by atoms with Gasteiger partial charge in [0.15, 0.2) is 0 Å². The molecule has 2 rings (SSSR count). The van der Waals surface area contributed by atoms with E-state index >= 15 is 0 Å². The summed E-state index contributed by atoms with van der Waals surface area (Å²) in [5.74, 6) is -0.271. The number of hydrogen-bond donors (Lipinski definition) is 2. The second-order valence-corrected chi connectivity index (χ2v) is 8.37. The van der Waals surface area contributed by atoms with Crippen molar-refractivity contribution in [1.29, 1.82) is 0 Å². The zero-order valence-electron chi connectivity index (χ0n) is 16.0. The lowest BCUT2D eigenvalue weighted by molar-refractivity contribution is -0.118.